The lowest BCUT2D eigenvalue weighted by molar-refractivity contribution is -0.122. The largest absolute Gasteiger partial charge is 0.493 e. The van der Waals surface area contributed by atoms with E-state index in [1.54, 1.807) is 12.1 Å². The summed E-state index contributed by atoms with van der Waals surface area (Å²) in [6.07, 6.45) is 1.58. The van der Waals surface area contributed by atoms with Gasteiger partial charge in [0.1, 0.15) is 11.9 Å². The Hall–Kier alpha value is -2.81. The van der Waals surface area contributed by atoms with E-state index in [1.807, 2.05) is 13.0 Å². The minimum absolute atomic E-state index is 0.209. The zero-order valence-corrected chi connectivity index (χ0v) is 18.5. The van der Waals surface area contributed by atoms with Gasteiger partial charge in [0, 0.05) is 0 Å². The second-order valence-corrected chi connectivity index (χ2v) is 8.65. The molecule has 0 saturated heterocycles. The van der Waals surface area contributed by atoms with Crippen molar-refractivity contribution in [3.05, 3.63) is 53.8 Å². The van der Waals surface area contributed by atoms with Crippen LogP contribution in [0, 0.1) is 5.82 Å². The molecule has 0 aliphatic carbocycles. The molecule has 1 amide bonds. The quantitative estimate of drug-likeness (QED) is 0.650. The molecule has 0 aliphatic heterocycles. The van der Waals surface area contributed by atoms with Crippen molar-refractivity contribution in [3.63, 3.8) is 0 Å². The average molecular weight is 439 g/mol. The Labute approximate surface area is 176 Å². The topological polar surface area (TPSA) is 84.9 Å². The number of rotatable bonds is 9. The van der Waals surface area contributed by atoms with Crippen LogP contribution in [-0.2, 0) is 14.8 Å². The SMILES string of the molecule is CC[C@H](NC(=O)[C@@H](C)N(c1ccc(F)cc1)S(C)(=O)=O)c1ccc(OC)c(OC)c1. The summed E-state index contributed by atoms with van der Waals surface area (Å²) in [4.78, 5) is 12.9. The molecule has 7 nitrogen and oxygen atoms in total. The molecule has 0 heterocycles. The van der Waals surface area contributed by atoms with E-state index in [-0.39, 0.29) is 11.7 Å². The fraction of sp³-hybridized carbons (Fsp3) is 0.381. The number of carbonyl (C=O) groups is 1. The van der Waals surface area contributed by atoms with Crippen LogP contribution in [0.5, 0.6) is 11.5 Å². The fourth-order valence-corrected chi connectivity index (χ4v) is 4.35. The van der Waals surface area contributed by atoms with Gasteiger partial charge in [-0.05, 0) is 55.3 Å². The number of hydrogen-bond donors (Lipinski definition) is 1. The highest BCUT2D eigenvalue weighted by atomic mass is 32.2. The van der Waals surface area contributed by atoms with Crippen molar-refractivity contribution in [2.75, 3.05) is 24.8 Å². The standard InChI is InChI=1S/C21H27FN2O5S/c1-6-18(15-7-12-19(28-3)20(13-15)29-4)23-21(25)14(2)24(30(5,26)27)17-10-8-16(22)9-11-17/h7-14,18H,6H2,1-5H3,(H,23,25)/t14-,18+/m1/s1. The number of nitrogens with zero attached hydrogens (tertiary/aromatic N) is 1. The Morgan fingerprint density at radius 3 is 2.20 bits per heavy atom. The van der Waals surface area contributed by atoms with Crippen LogP contribution >= 0.6 is 0 Å². The molecule has 30 heavy (non-hydrogen) atoms. The highest BCUT2D eigenvalue weighted by molar-refractivity contribution is 7.92. The van der Waals surface area contributed by atoms with Gasteiger partial charge in [-0.2, -0.15) is 0 Å². The van der Waals surface area contributed by atoms with Gasteiger partial charge in [0.2, 0.25) is 15.9 Å². The molecule has 9 heteroatoms. The molecule has 0 saturated carbocycles. The Bertz CT molecular complexity index is 979. The monoisotopic (exact) mass is 438 g/mol. The van der Waals surface area contributed by atoms with E-state index in [0.29, 0.717) is 17.9 Å². The Balaban J connectivity index is 2.29. The van der Waals surface area contributed by atoms with Gasteiger partial charge in [-0.15, -0.1) is 0 Å². The van der Waals surface area contributed by atoms with Crippen LogP contribution in [0.2, 0.25) is 0 Å². The summed E-state index contributed by atoms with van der Waals surface area (Å²) in [6.45, 7) is 3.39. The van der Waals surface area contributed by atoms with E-state index in [4.69, 9.17) is 9.47 Å². The third-order valence-electron chi connectivity index (χ3n) is 4.70. The first-order valence-corrected chi connectivity index (χ1v) is 11.2. The molecular weight excluding hydrogens is 411 g/mol. The van der Waals surface area contributed by atoms with Gasteiger partial charge >= 0.3 is 0 Å². The highest BCUT2D eigenvalue weighted by Crippen LogP contribution is 2.31. The van der Waals surface area contributed by atoms with Gasteiger partial charge in [-0.25, -0.2) is 12.8 Å². The van der Waals surface area contributed by atoms with Gasteiger partial charge in [0.25, 0.3) is 0 Å². The minimum Gasteiger partial charge on any atom is -0.493 e. The van der Waals surface area contributed by atoms with Gasteiger partial charge in [-0.1, -0.05) is 13.0 Å². The van der Waals surface area contributed by atoms with E-state index in [0.717, 1.165) is 28.3 Å². The summed E-state index contributed by atoms with van der Waals surface area (Å²) in [5, 5.41) is 2.89. The van der Waals surface area contributed by atoms with Crippen LogP contribution in [0.1, 0.15) is 31.9 Å². The van der Waals surface area contributed by atoms with Crippen LogP contribution in [-0.4, -0.2) is 40.8 Å². The van der Waals surface area contributed by atoms with E-state index >= 15 is 0 Å². The Kier molecular flexibility index (Phi) is 7.66. The molecule has 0 fully saturated rings. The minimum atomic E-state index is -3.79. The van der Waals surface area contributed by atoms with Crippen LogP contribution in [0.4, 0.5) is 10.1 Å². The molecule has 2 rings (SSSR count). The summed E-state index contributed by atoms with van der Waals surface area (Å²) in [5.41, 5.74) is 1.00. The Morgan fingerprint density at radius 2 is 1.70 bits per heavy atom. The number of carbonyl (C=O) groups excluding carboxylic acids is 1. The van der Waals surface area contributed by atoms with Crippen molar-refractivity contribution >= 4 is 21.6 Å². The predicted octanol–water partition coefficient (Wildman–Crippen LogP) is 3.26. The van der Waals surface area contributed by atoms with Crippen molar-refractivity contribution in [3.8, 4) is 11.5 Å². The van der Waals surface area contributed by atoms with Gasteiger partial charge in [-0.3, -0.25) is 9.10 Å². The van der Waals surface area contributed by atoms with Crippen LogP contribution in [0.15, 0.2) is 42.5 Å². The number of anilines is 1. The third-order valence-corrected chi connectivity index (χ3v) is 5.95. The average Bonchev–Trinajstić information content (AvgIpc) is 2.71. The van der Waals surface area contributed by atoms with E-state index in [9.17, 15) is 17.6 Å². The smallest absolute Gasteiger partial charge is 0.244 e. The van der Waals surface area contributed by atoms with E-state index in [2.05, 4.69) is 5.32 Å². The van der Waals surface area contributed by atoms with Gasteiger partial charge in [0.05, 0.1) is 32.2 Å². The van der Waals surface area contributed by atoms with Crippen molar-refractivity contribution in [1.29, 1.82) is 0 Å². The fourth-order valence-electron chi connectivity index (χ4n) is 3.18. The normalized spacial score (nSPS) is 13.3. The molecule has 1 N–H and O–H groups in total. The number of benzene rings is 2. The zero-order valence-electron chi connectivity index (χ0n) is 17.7. The summed E-state index contributed by atoms with van der Waals surface area (Å²) >= 11 is 0. The number of methoxy groups -OCH3 is 2. The molecule has 0 aliphatic rings. The number of halogens is 1. The summed E-state index contributed by atoms with van der Waals surface area (Å²) in [6, 6.07) is 8.87. The number of ether oxygens (including phenoxy) is 2. The summed E-state index contributed by atoms with van der Waals surface area (Å²) < 4.78 is 49.5. The maximum Gasteiger partial charge on any atom is 0.244 e. The third kappa shape index (κ3) is 5.41. The molecule has 164 valence electrons. The predicted molar refractivity (Wildman–Crippen MR) is 114 cm³/mol. The maximum atomic E-state index is 13.3. The summed E-state index contributed by atoms with van der Waals surface area (Å²) in [5.74, 6) is 0.116. The molecule has 0 radical (unpaired) electrons. The van der Waals surface area contributed by atoms with Crippen LogP contribution in [0.3, 0.4) is 0 Å². The first-order chi connectivity index (χ1) is 14.1. The molecule has 0 spiro atoms. The van der Waals surface area contributed by atoms with Crippen LogP contribution in [0.25, 0.3) is 0 Å². The van der Waals surface area contributed by atoms with Crippen molar-refractivity contribution in [2.45, 2.75) is 32.4 Å². The molecule has 2 aromatic carbocycles. The Morgan fingerprint density at radius 1 is 1.10 bits per heavy atom. The molecule has 0 aromatic heterocycles. The van der Waals surface area contributed by atoms with Crippen molar-refractivity contribution in [1.82, 2.24) is 5.32 Å². The first-order valence-electron chi connectivity index (χ1n) is 9.39. The highest BCUT2D eigenvalue weighted by Gasteiger charge is 2.30. The summed E-state index contributed by atoms with van der Waals surface area (Å²) in [7, 11) is -0.729. The number of hydrogen-bond acceptors (Lipinski definition) is 5. The van der Waals surface area contributed by atoms with Crippen molar-refractivity contribution in [2.24, 2.45) is 0 Å². The zero-order chi connectivity index (χ0) is 22.5. The number of amides is 1. The molecule has 2 atom stereocenters. The second-order valence-electron chi connectivity index (χ2n) is 6.80. The van der Waals surface area contributed by atoms with Crippen molar-refractivity contribution < 1.29 is 27.1 Å². The second kappa shape index (κ2) is 9.80. The van der Waals surface area contributed by atoms with E-state index < -0.39 is 27.8 Å². The number of sulfonamides is 1. The number of nitrogens with one attached hydrogen (secondary N) is 1. The van der Waals surface area contributed by atoms with E-state index in [1.165, 1.54) is 33.3 Å². The molecular formula is C21H27FN2O5S. The lowest BCUT2D eigenvalue weighted by atomic mass is 10.0. The molecule has 0 bridgehead atoms. The molecule has 2 aromatic rings. The lowest BCUT2D eigenvalue weighted by Crippen LogP contribution is -2.48. The lowest BCUT2D eigenvalue weighted by Gasteiger charge is -2.30. The van der Waals surface area contributed by atoms with Gasteiger partial charge in [0.15, 0.2) is 11.5 Å². The first kappa shape index (κ1) is 23.5. The van der Waals surface area contributed by atoms with Crippen LogP contribution < -0.4 is 19.1 Å². The maximum absolute atomic E-state index is 13.3. The van der Waals surface area contributed by atoms with Gasteiger partial charge < -0.3 is 14.8 Å². The molecule has 0 unspecified atom stereocenters.